The van der Waals surface area contributed by atoms with Gasteiger partial charge in [-0.2, -0.15) is 0 Å². The second-order valence-electron chi connectivity index (χ2n) is 5.77. The number of aromatic nitrogens is 1. The molecule has 0 radical (unpaired) electrons. The van der Waals surface area contributed by atoms with Crippen LogP contribution in [0.4, 0.5) is 5.82 Å². The quantitative estimate of drug-likeness (QED) is 0.749. The van der Waals surface area contributed by atoms with Gasteiger partial charge in [-0.15, -0.1) is 0 Å². The number of aliphatic hydroxyl groups is 1. The van der Waals surface area contributed by atoms with E-state index in [1.54, 1.807) is 0 Å². The van der Waals surface area contributed by atoms with Crippen molar-refractivity contribution in [2.45, 2.75) is 39.7 Å². The van der Waals surface area contributed by atoms with Gasteiger partial charge in [0.15, 0.2) is 0 Å². The van der Waals surface area contributed by atoms with E-state index in [1.807, 2.05) is 6.20 Å². The summed E-state index contributed by atoms with van der Waals surface area (Å²) < 4.78 is 0. The van der Waals surface area contributed by atoms with E-state index in [1.165, 1.54) is 17.5 Å². The first-order valence-electron chi connectivity index (χ1n) is 7.76. The number of anilines is 1. The molecule has 20 heavy (non-hydrogen) atoms. The Kier molecular flexibility index (Phi) is 5.80. The molecule has 1 unspecified atom stereocenters. The van der Waals surface area contributed by atoms with E-state index in [0.29, 0.717) is 12.5 Å². The van der Waals surface area contributed by atoms with Crippen molar-refractivity contribution in [3.8, 4) is 0 Å². The van der Waals surface area contributed by atoms with Crippen LogP contribution in [0.3, 0.4) is 0 Å². The predicted molar refractivity (Wildman–Crippen MR) is 83.0 cm³/mol. The number of hydrogen-bond acceptors (Lipinski definition) is 4. The summed E-state index contributed by atoms with van der Waals surface area (Å²) in [6, 6.07) is 2.24. The maximum atomic E-state index is 9.04. The number of aryl methyl sites for hydroxylation is 1. The average molecular weight is 277 g/mol. The van der Waals surface area contributed by atoms with Crippen molar-refractivity contribution in [2.75, 3.05) is 31.1 Å². The minimum Gasteiger partial charge on any atom is -0.396 e. The van der Waals surface area contributed by atoms with Crippen molar-refractivity contribution >= 4 is 5.82 Å². The minimum absolute atomic E-state index is 0.299. The number of aliphatic hydroxyl groups excluding tert-OH is 1. The lowest BCUT2D eigenvalue weighted by molar-refractivity contribution is 0.263. The SMILES string of the molecule is CCCNCc1cnc(N2CCC(CCO)C2)c(C)c1. The van der Waals surface area contributed by atoms with Gasteiger partial charge in [0.25, 0.3) is 0 Å². The Labute approximate surface area is 122 Å². The monoisotopic (exact) mass is 277 g/mol. The fraction of sp³-hybridized carbons (Fsp3) is 0.688. The molecule has 0 aliphatic carbocycles. The van der Waals surface area contributed by atoms with Crippen LogP contribution in [0.1, 0.15) is 37.3 Å². The van der Waals surface area contributed by atoms with Crippen molar-refractivity contribution < 1.29 is 5.11 Å². The first-order valence-corrected chi connectivity index (χ1v) is 7.76. The number of hydrogen-bond donors (Lipinski definition) is 2. The van der Waals surface area contributed by atoms with Gasteiger partial charge in [-0.3, -0.25) is 0 Å². The topological polar surface area (TPSA) is 48.4 Å². The summed E-state index contributed by atoms with van der Waals surface area (Å²) in [7, 11) is 0. The van der Waals surface area contributed by atoms with E-state index in [-0.39, 0.29) is 0 Å². The van der Waals surface area contributed by atoms with Crippen LogP contribution in [0, 0.1) is 12.8 Å². The van der Waals surface area contributed by atoms with E-state index in [4.69, 9.17) is 5.11 Å². The molecule has 0 amide bonds. The molecular formula is C16H27N3O. The van der Waals surface area contributed by atoms with Crippen LogP contribution < -0.4 is 10.2 Å². The van der Waals surface area contributed by atoms with Gasteiger partial charge in [0, 0.05) is 32.4 Å². The summed E-state index contributed by atoms with van der Waals surface area (Å²) in [4.78, 5) is 7.02. The number of nitrogens with one attached hydrogen (secondary N) is 1. The Morgan fingerprint density at radius 3 is 3.05 bits per heavy atom. The lowest BCUT2D eigenvalue weighted by atomic mass is 10.1. The normalized spacial score (nSPS) is 18.8. The van der Waals surface area contributed by atoms with E-state index in [9.17, 15) is 0 Å². The molecule has 2 rings (SSSR count). The maximum absolute atomic E-state index is 9.04. The Hall–Kier alpha value is -1.13. The van der Waals surface area contributed by atoms with Crippen molar-refractivity contribution in [1.29, 1.82) is 0 Å². The van der Waals surface area contributed by atoms with Crippen LogP contribution in [-0.4, -0.2) is 36.3 Å². The number of rotatable bonds is 7. The summed E-state index contributed by atoms with van der Waals surface area (Å²) in [5, 5.41) is 12.4. The molecule has 0 saturated carbocycles. The highest BCUT2D eigenvalue weighted by atomic mass is 16.3. The highest BCUT2D eigenvalue weighted by molar-refractivity contribution is 5.48. The summed E-state index contributed by atoms with van der Waals surface area (Å²) in [6.07, 6.45) is 5.23. The second-order valence-corrected chi connectivity index (χ2v) is 5.77. The molecule has 0 spiro atoms. The maximum Gasteiger partial charge on any atom is 0.131 e. The van der Waals surface area contributed by atoms with Crippen molar-refractivity contribution in [1.82, 2.24) is 10.3 Å². The van der Waals surface area contributed by atoms with Crippen LogP contribution in [0.2, 0.25) is 0 Å². The lowest BCUT2D eigenvalue weighted by Crippen LogP contribution is -2.22. The van der Waals surface area contributed by atoms with E-state index >= 15 is 0 Å². The zero-order valence-electron chi connectivity index (χ0n) is 12.7. The molecule has 4 nitrogen and oxygen atoms in total. The fourth-order valence-electron chi connectivity index (χ4n) is 2.91. The minimum atomic E-state index is 0.299. The summed E-state index contributed by atoms with van der Waals surface area (Å²) in [5.41, 5.74) is 2.51. The van der Waals surface area contributed by atoms with E-state index in [2.05, 4.69) is 35.1 Å². The molecule has 0 bridgehead atoms. The summed E-state index contributed by atoms with van der Waals surface area (Å²) in [5.74, 6) is 1.73. The molecule has 1 fully saturated rings. The third-order valence-corrected chi connectivity index (χ3v) is 3.99. The van der Waals surface area contributed by atoms with Gasteiger partial charge < -0.3 is 15.3 Å². The van der Waals surface area contributed by atoms with Crippen molar-refractivity contribution in [2.24, 2.45) is 5.92 Å². The molecule has 2 heterocycles. The van der Waals surface area contributed by atoms with Gasteiger partial charge in [-0.1, -0.05) is 6.92 Å². The summed E-state index contributed by atoms with van der Waals surface area (Å²) >= 11 is 0. The molecule has 1 aliphatic rings. The van der Waals surface area contributed by atoms with Gasteiger partial charge in [0.1, 0.15) is 5.82 Å². The predicted octanol–water partition coefficient (Wildman–Crippen LogP) is 2.10. The molecule has 1 aromatic rings. The average Bonchev–Trinajstić information content (AvgIpc) is 2.88. The second kappa shape index (κ2) is 7.60. The van der Waals surface area contributed by atoms with Gasteiger partial charge in [0.05, 0.1) is 0 Å². The molecule has 1 aliphatic heterocycles. The molecule has 1 aromatic heterocycles. The van der Waals surface area contributed by atoms with Crippen LogP contribution >= 0.6 is 0 Å². The smallest absolute Gasteiger partial charge is 0.131 e. The van der Waals surface area contributed by atoms with Crippen LogP contribution in [0.15, 0.2) is 12.3 Å². The van der Waals surface area contributed by atoms with Crippen molar-refractivity contribution in [3.63, 3.8) is 0 Å². The Morgan fingerprint density at radius 2 is 2.35 bits per heavy atom. The zero-order valence-corrected chi connectivity index (χ0v) is 12.7. The molecule has 2 N–H and O–H groups in total. The van der Waals surface area contributed by atoms with Crippen LogP contribution in [0.25, 0.3) is 0 Å². The molecule has 1 atom stereocenters. The van der Waals surface area contributed by atoms with Gasteiger partial charge in [-0.25, -0.2) is 4.98 Å². The Morgan fingerprint density at radius 1 is 1.50 bits per heavy atom. The van der Waals surface area contributed by atoms with Gasteiger partial charge in [-0.05, 0) is 55.8 Å². The molecular weight excluding hydrogens is 250 g/mol. The third kappa shape index (κ3) is 3.93. The fourth-order valence-corrected chi connectivity index (χ4v) is 2.91. The molecule has 112 valence electrons. The largest absolute Gasteiger partial charge is 0.396 e. The highest BCUT2D eigenvalue weighted by Crippen LogP contribution is 2.26. The van der Waals surface area contributed by atoms with Crippen molar-refractivity contribution in [3.05, 3.63) is 23.4 Å². The lowest BCUT2D eigenvalue weighted by Gasteiger charge is -2.20. The van der Waals surface area contributed by atoms with E-state index in [0.717, 1.165) is 44.8 Å². The highest BCUT2D eigenvalue weighted by Gasteiger charge is 2.23. The van der Waals surface area contributed by atoms with Crippen LogP contribution in [-0.2, 0) is 6.54 Å². The zero-order chi connectivity index (χ0) is 14.4. The summed E-state index contributed by atoms with van der Waals surface area (Å²) in [6.45, 7) is 8.66. The third-order valence-electron chi connectivity index (χ3n) is 3.99. The molecule has 4 heteroatoms. The molecule has 0 aromatic carbocycles. The number of nitrogens with zero attached hydrogens (tertiary/aromatic N) is 2. The Balaban J connectivity index is 1.96. The van der Waals surface area contributed by atoms with Gasteiger partial charge >= 0.3 is 0 Å². The standard InChI is InChI=1S/C16H27N3O/c1-3-6-17-10-15-9-13(2)16(18-11-15)19-7-4-14(12-19)5-8-20/h9,11,14,17,20H,3-8,10,12H2,1-2H3. The first-order chi connectivity index (χ1) is 9.74. The first kappa shape index (κ1) is 15.3. The van der Waals surface area contributed by atoms with Crippen LogP contribution in [0.5, 0.6) is 0 Å². The molecule has 1 saturated heterocycles. The van der Waals surface area contributed by atoms with Gasteiger partial charge in [0.2, 0.25) is 0 Å². The van der Waals surface area contributed by atoms with E-state index < -0.39 is 0 Å². The number of pyridine rings is 1. The Bertz CT molecular complexity index is 422.